The molecule has 1 unspecified atom stereocenters. The summed E-state index contributed by atoms with van der Waals surface area (Å²) in [7, 11) is 0. The molecule has 1 aliphatic heterocycles. The van der Waals surface area contributed by atoms with Crippen LogP contribution in [-0.2, 0) is 16.1 Å². The number of hydrogen-bond acceptors (Lipinski definition) is 3. The largest absolute Gasteiger partial charge is 0.354 e. The van der Waals surface area contributed by atoms with E-state index in [2.05, 4.69) is 10.6 Å². The van der Waals surface area contributed by atoms with E-state index in [1.807, 2.05) is 66.7 Å². The number of nitrogens with one attached hydrogen (secondary N) is 2. The first-order chi connectivity index (χ1) is 15.1. The van der Waals surface area contributed by atoms with Crippen molar-refractivity contribution in [3.63, 3.8) is 0 Å². The zero-order valence-electron chi connectivity index (χ0n) is 17.2. The van der Waals surface area contributed by atoms with Gasteiger partial charge in [-0.25, -0.2) is 0 Å². The highest BCUT2D eigenvalue weighted by Crippen LogP contribution is 2.20. The van der Waals surface area contributed by atoms with Gasteiger partial charge in [0.15, 0.2) is 0 Å². The molecule has 0 saturated carbocycles. The topological polar surface area (TPSA) is 78.5 Å². The molecule has 0 bridgehead atoms. The number of amides is 3. The van der Waals surface area contributed by atoms with Crippen LogP contribution in [0.1, 0.15) is 22.3 Å². The molecule has 31 heavy (non-hydrogen) atoms. The van der Waals surface area contributed by atoms with Crippen molar-refractivity contribution in [1.82, 2.24) is 15.5 Å². The summed E-state index contributed by atoms with van der Waals surface area (Å²) in [4.78, 5) is 38.8. The Labute approximate surface area is 181 Å². The van der Waals surface area contributed by atoms with Gasteiger partial charge in [-0.05, 0) is 28.5 Å². The van der Waals surface area contributed by atoms with Crippen LogP contribution >= 0.6 is 0 Å². The van der Waals surface area contributed by atoms with Crippen LogP contribution in [0, 0.1) is 5.92 Å². The van der Waals surface area contributed by atoms with Crippen LogP contribution < -0.4 is 10.6 Å². The molecule has 0 spiro atoms. The van der Waals surface area contributed by atoms with Gasteiger partial charge in [0.25, 0.3) is 5.91 Å². The highest BCUT2D eigenvalue weighted by molar-refractivity contribution is 5.98. The predicted molar refractivity (Wildman–Crippen MR) is 119 cm³/mol. The first kappa shape index (κ1) is 20.6. The van der Waals surface area contributed by atoms with Crippen molar-refractivity contribution >= 4 is 28.5 Å². The quantitative estimate of drug-likeness (QED) is 0.583. The van der Waals surface area contributed by atoms with Crippen molar-refractivity contribution in [3.8, 4) is 0 Å². The van der Waals surface area contributed by atoms with Gasteiger partial charge in [-0.3, -0.25) is 14.4 Å². The number of rotatable bonds is 7. The fourth-order valence-corrected chi connectivity index (χ4v) is 3.84. The van der Waals surface area contributed by atoms with Crippen molar-refractivity contribution in [2.45, 2.75) is 13.0 Å². The zero-order valence-corrected chi connectivity index (χ0v) is 17.2. The SMILES string of the molecule is O=C(NCCNC(=O)C1CC(=O)N(Cc2ccccc2)C1)c1ccc2ccccc2c1. The third kappa shape index (κ3) is 5.09. The molecule has 1 aliphatic rings. The van der Waals surface area contributed by atoms with Gasteiger partial charge in [-0.1, -0.05) is 60.7 Å². The zero-order chi connectivity index (χ0) is 21.6. The molecule has 3 aromatic carbocycles. The third-order valence-corrected chi connectivity index (χ3v) is 5.52. The van der Waals surface area contributed by atoms with Crippen molar-refractivity contribution in [3.05, 3.63) is 83.9 Å². The van der Waals surface area contributed by atoms with Crippen molar-refractivity contribution < 1.29 is 14.4 Å². The average molecular weight is 415 g/mol. The Kier molecular flexibility index (Phi) is 6.26. The highest BCUT2D eigenvalue weighted by atomic mass is 16.2. The van der Waals surface area contributed by atoms with E-state index in [9.17, 15) is 14.4 Å². The molecule has 0 aromatic heterocycles. The summed E-state index contributed by atoms with van der Waals surface area (Å²) < 4.78 is 0. The Balaban J connectivity index is 1.22. The molecule has 4 rings (SSSR count). The maximum absolute atomic E-state index is 12.4. The molecule has 1 atom stereocenters. The summed E-state index contributed by atoms with van der Waals surface area (Å²) in [6, 6.07) is 23.2. The second kappa shape index (κ2) is 9.43. The molecule has 6 heteroatoms. The summed E-state index contributed by atoms with van der Waals surface area (Å²) in [5.74, 6) is -0.685. The molecule has 1 saturated heterocycles. The molecular formula is C25H25N3O3. The highest BCUT2D eigenvalue weighted by Gasteiger charge is 2.33. The van der Waals surface area contributed by atoms with E-state index in [0.717, 1.165) is 16.3 Å². The lowest BCUT2D eigenvalue weighted by molar-refractivity contribution is -0.129. The lowest BCUT2D eigenvalue weighted by atomic mass is 10.1. The Morgan fingerprint density at radius 3 is 2.39 bits per heavy atom. The summed E-state index contributed by atoms with van der Waals surface area (Å²) in [5.41, 5.74) is 1.64. The van der Waals surface area contributed by atoms with Crippen LogP contribution in [0.2, 0.25) is 0 Å². The van der Waals surface area contributed by atoms with Crippen LogP contribution in [0.5, 0.6) is 0 Å². The standard InChI is InChI=1S/C25H25N3O3/c29-23-15-22(17-28(23)16-18-6-2-1-3-7-18)25(31)27-13-12-26-24(30)21-11-10-19-8-4-5-9-20(19)14-21/h1-11,14,22H,12-13,15-17H2,(H,26,30)(H,27,31). The number of hydrogen-bond donors (Lipinski definition) is 2. The number of likely N-dealkylation sites (tertiary alicyclic amines) is 1. The first-order valence-corrected chi connectivity index (χ1v) is 10.5. The Hall–Kier alpha value is -3.67. The molecule has 6 nitrogen and oxygen atoms in total. The van der Waals surface area contributed by atoms with Crippen molar-refractivity contribution in [2.24, 2.45) is 5.92 Å². The number of carbonyl (C=O) groups is 3. The second-order valence-corrected chi connectivity index (χ2v) is 7.77. The molecule has 0 aliphatic carbocycles. The molecule has 0 radical (unpaired) electrons. The van der Waals surface area contributed by atoms with Crippen LogP contribution in [-0.4, -0.2) is 42.3 Å². The number of benzene rings is 3. The normalized spacial score (nSPS) is 15.8. The fraction of sp³-hybridized carbons (Fsp3) is 0.240. The monoisotopic (exact) mass is 415 g/mol. The lowest BCUT2D eigenvalue weighted by Crippen LogP contribution is -2.38. The Morgan fingerprint density at radius 1 is 0.871 bits per heavy atom. The van der Waals surface area contributed by atoms with Crippen molar-refractivity contribution in [1.29, 1.82) is 0 Å². The minimum atomic E-state index is -0.354. The van der Waals surface area contributed by atoms with Crippen LogP contribution in [0.3, 0.4) is 0 Å². The first-order valence-electron chi connectivity index (χ1n) is 10.5. The molecule has 2 N–H and O–H groups in total. The molecular weight excluding hydrogens is 390 g/mol. The molecule has 3 amide bonds. The van der Waals surface area contributed by atoms with Gasteiger partial charge in [0, 0.05) is 38.2 Å². The fourth-order valence-electron chi connectivity index (χ4n) is 3.84. The minimum absolute atomic E-state index is 0.00592. The van der Waals surface area contributed by atoms with E-state index in [1.165, 1.54) is 0 Å². The second-order valence-electron chi connectivity index (χ2n) is 7.77. The van der Waals surface area contributed by atoms with Gasteiger partial charge in [0.1, 0.15) is 0 Å². The van der Waals surface area contributed by atoms with Gasteiger partial charge >= 0.3 is 0 Å². The van der Waals surface area contributed by atoms with Crippen LogP contribution in [0.25, 0.3) is 10.8 Å². The van der Waals surface area contributed by atoms with Crippen molar-refractivity contribution in [2.75, 3.05) is 19.6 Å². The Morgan fingerprint density at radius 2 is 1.58 bits per heavy atom. The lowest BCUT2D eigenvalue weighted by Gasteiger charge is -2.16. The van der Waals surface area contributed by atoms with Gasteiger partial charge in [-0.2, -0.15) is 0 Å². The van der Waals surface area contributed by atoms with Gasteiger partial charge in [0.05, 0.1) is 5.92 Å². The molecule has 158 valence electrons. The summed E-state index contributed by atoms with van der Waals surface area (Å²) >= 11 is 0. The number of nitrogens with zero attached hydrogens (tertiary/aromatic N) is 1. The molecule has 1 fully saturated rings. The maximum Gasteiger partial charge on any atom is 0.251 e. The third-order valence-electron chi connectivity index (χ3n) is 5.52. The van der Waals surface area contributed by atoms with Crippen LogP contribution in [0.4, 0.5) is 0 Å². The van der Waals surface area contributed by atoms with E-state index >= 15 is 0 Å². The number of fused-ring (bicyclic) bond motifs is 1. The summed E-state index contributed by atoms with van der Waals surface area (Å²) in [6.45, 7) is 1.58. The molecule has 1 heterocycles. The van der Waals surface area contributed by atoms with Gasteiger partial charge in [-0.15, -0.1) is 0 Å². The maximum atomic E-state index is 12.4. The van der Waals surface area contributed by atoms with E-state index in [-0.39, 0.29) is 30.1 Å². The minimum Gasteiger partial charge on any atom is -0.354 e. The van der Waals surface area contributed by atoms with E-state index in [4.69, 9.17) is 0 Å². The van der Waals surface area contributed by atoms with Crippen LogP contribution in [0.15, 0.2) is 72.8 Å². The molecule has 3 aromatic rings. The predicted octanol–water partition coefficient (Wildman–Crippen LogP) is 2.73. The van der Waals surface area contributed by atoms with Gasteiger partial charge in [0.2, 0.25) is 11.8 Å². The van der Waals surface area contributed by atoms with Gasteiger partial charge < -0.3 is 15.5 Å². The van der Waals surface area contributed by atoms with E-state index < -0.39 is 0 Å². The smallest absolute Gasteiger partial charge is 0.251 e. The number of carbonyl (C=O) groups excluding carboxylic acids is 3. The Bertz CT molecular complexity index is 1100. The average Bonchev–Trinajstić information content (AvgIpc) is 3.17. The van der Waals surface area contributed by atoms with E-state index in [0.29, 0.717) is 31.7 Å². The van der Waals surface area contributed by atoms with E-state index in [1.54, 1.807) is 11.0 Å². The summed E-state index contributed by atoms with van der Waals surface area (Å²) in [5, 5.41) is 7.75. The summed E-state index contributed by atoms with van der Waals surface area (Å²) in [6.07, 6.45) is 0.224.